The molecule has 1 heterocycles. The van der Waals surface area contributed by atoms with Crippen LogP contribution in [-0.4, -0.2) is 75.1 Å². The third-order valence-electron chi connectivity index (χ3n) is 6.36. The Morgan fingerprint density at radius 1 is 1.27 bits per heavy atom. The first kappa shape index (κ1) is 28.9. The van der Waals surface area contributed by atoms with Crippen molar-refractivity contribution in [1.29, 1.82) is 0 Å². The highest BCUT2D eigenvalue weighted by atomic mass is 32.2. The molecule has 0 saturated carbocycles. The van der Waals surface area contributed by atoms with Crippen LogP contribution in [0.3, 0.4) is 0 Å². The van der Waals surface area contributed by atoms with Crippen LogP contribution >= 0.6 is 0 Å². The summed E-state index contributed by atoms with van der Waals surface area (Å²) in [5.74, 6) is -0.349. The molecule has 0 aromatic heterocycles. The largest absolute Gasteiger partial charge is 0.390 e. The highest BCUT2D eigenvalue weighted by Gasteiger charge is 2.29. The minimum Gasteiger partial charge on any atom is -0.390 e. The molecule has 0 radical (unpaired) electrons. The average Bonchev–Trinajstić information content (AvgIpc) is 3.43. The summed E-state index contributed by atoms with van der Waals surface area (Å²) in [6.07, 6.45) is 0.613. The maximum absolute atomic E-state index is 13.5. The van der Waals surface area contributed by atoms with Gasteiger partial charge in [-0.25, -0.2) is 8.51 Å². The van der Waals surface area contributed by atoms with Gasteiger partial charge in [0.25, 0.3) is 5.69 Å². The van der Waals surface area contributed by atoms with Gasteiger partial charge in [-0.3, -0.25) is 14.9 Å². The molecule has 1 amide bonds. The van der Waals surface area contributed by atoms with Crippen LogP contribution in [0.15, 0.2) is 59.5 Å². The molecule has 2 N–H and O–H groups in total. The molecule has 1 saturated heterocycles. The lowest BCUT2D eigenvalue weighted by atomic mass is 10.0. The highest BCUT2D eigenvalue weighted by molar-refractivity contribution is 7.82. The van der Waals surface area contributed by atoms with Gasteiger partial charge < -0.3 is 19.9 Å². The molecule has 0 spiro atoms. The number of ether oxygens (including phenoxy) is 2. The van der Waals surface area contributed by atoms with Crippen LogP contribution in [0.1, 0.15) is 32.3 Å². The molecular formula is C26H35N3O7S. The summed E-state index contributed by atoms with van der Waals surface area (Å²) in [6, 6.07) is 14.2. The first-order chi connectivity index (χ1) is 17.8. The van der Waals surface area contributed by atoms with Gasteiger partial charge in [0.05, 0.1) is 34.7 Å². The summed E-state index contributed by atoms with van der Waals surface area (Å²) < 4.78 is 26.0. The molecule has 0 bridgehead atoms. The summed E-state index contributed by atoms with van der Waals surface area (Å²) >= 11 is 0. The molecule has 11 heteroatoms. The SMILES string of the molecule is CCC(C)N(C[C@@H](O)C(Cc1ccccc1)NC(=O)CO[C@H]1CCOC1)S(=O)c1ccc([N+](=O)[O-])cc1. The molecule has 2 aromatic rings. The Morgan fingerprint density at radius 2 is 1.97 bits per heavy atom. The van der Waals surface area contributed by atoms with E-state index in [1.807, 2.05) is 44.2 Å². The lowest BCUT2D eigenvalue weighted by Crippen LogP contribution is -2.52. The number of aliphatic hydroxyl groups excluding tert-OH is 1. The Balaban J connectivity index is 1.74. The van der Waals surface area contributed by atoms with Crippen molar-refractivity contribution in [2.24, 2.45) is 0 Å². The van der Waals surface area contributed by atoms with Gasteiger partial charge in [0.15, 0.2) is 0 Å². The van der Waals surface area contributed by atoms with Crippen LogP contribution in [0, 0.1) is 10.1 Å². The minimum atomic E-state index is -1.67. The van der Waals surface area contributed by atoms with Crippen molar-refractivity contribution in [3.8, 4) is 0 Å². The Labute approximate surface area is 219 Å². The summed E-state index contributed by atoms with van der Waals surface area (Å²) in [7, 11) is -1.67. The number of hydrogen-bond donors (Lipinski definition) is 2. The fourth-order valence-corrected chi connectivity index (χ4v) is 5.39. The van der Waals surface area contributed by atoms with E-state index in [1.54, 1.807) is 4.31 Å². The van der Waals surface area contributed by atoms with Crippen molar-refractivity contribution in [1.82, 2.24) is 9.62 Å². The maximum atomic E-state index is 13.5. The topological polar surface area (TPSA) is 131 Å². The van der Waals surface area contributed by atoms with Crippen molar-refractivity contribution in [2.75, 3.05) is 26.4 Å². The van der Waals surface area contributed by atoms with E-state index in [0.29, 0.717) is 31.0 Å². The van der Waals surface area contributed by atoms with Gasteiger partial charge in [0, 0.05) is 31.3 Å². The minimum absolute atomic E-state index is 0.0215. The molecule has 10 nitrogen and oxygen atoms in total. The van der Waals surface area contributed by atoms with E-state index in [4.69, 9.17) is 9.47 Å². The average molecular weight is 534 g/mol. The number of amides is 1. The molecule has 202 valence electrons. The Kier molecular flexibility index (Phi) is 11.2. The molecule has 1 aliphatic rings. The maximum Gasteiger partial charge on any atom is 0.269 e. The number of nitrogens with zero attached hydrogens (tertiary/aromatic N) is 2. The standard InChI is InChI=1S/C26H35N3O7S/c1-3-19(2)28(37(34)23-11-9-21(10-12-23)29(32)33)16-25(30)24(15-20-7-5-4-6-8-20)27-26(31)18-36-22-13-14-35-17-22/h4-12,19,22,24-25,30H,3,13-18H2,1-2H3,(H,27,31)/t19?,22-,24?,25+,37?/m0/s1. The number of aliphatic hydroxyl groups is 1. The van der Waals surface area contributed by atoms with E-state index >= 15 is 0 Å². The smallest absolute Gasteiger partial charge is 0.269 e. The molecule has 3 rings (SSSR count). The van der Waals surface area contributed by atoms with Gasteiger partial charge >= 0.3 is 0 Å². The number of rotatable bonds is 14. The van der Waals surface area contributed by atoms with Gasteiger partial charge in [-0.15, -0.1) is 0 Å². The molecular weight excluding hydrogens is 498 g/mol. The summed E-state index contributed by atoms with van der Waals surface area (Å²) in [5.41, 5.74) is 0.844. The fraction of sp³-hybridized carbons (Fsp3) is 0.500. The number of non-ortho nitro benzene ring substituents is 1. The van der Waals surface area contributed by atoms with E-state index in [2.05, 4.69) is 5.32 Å². The number of nitrogens with one attached hydrogen (secondary N) is 1. The number of carbonyl (C=O) groups is 1. The van der Waals surface area contributed by atoms with Gasteiger partial charge in [-0.1, -0.05) is 37.3 Å². The zero-order valence-corrected chi connectivity index (χ0v) is 22.0. The zero-order valence-electron chi connectivity index (χ0n) is 21.2. The van der Waals surface area contributed by atoms with Crippen molar-refractivity contribution >= 4 is 22.6 Å². The summed E-state index contributed by atoms with van der Waals surface area (Å²) in [4.78, 5) is 23.6. The van der Waals surface area contributed by atoms with Crippen LogP contribution in [0.4, 0.5) is 5.69 Å². The quantitative estimate of drug-likeness (QED) is 0.282. The van der Waals surface area contributed by atoms with E-state index < -0.39 is 28.1 Å². The summed E-state index contributed by atoms with van der Waals surface area (Å²) in [5, 5.41) is 25.2. The first-order valence-electron chi connectivity index (χ1n) is 12.4. The Bertz CT molecular complexity index is 1030. The second kappa shape index (κ2) is 14.3. The predicted octanol–water partition coefficient (Wildman–Crippen LogP) is 2.61. The van der Waals surface area contributed by atoms with E-state index in [9.17, 15) is 24.2 Å². The second-order valence-corrected chi connectivity index (χ2v) is 10.5. The van der Waals surface area contributed by atoms with Crippen LogP contribution in [0.2, 0.25) is 0 Å². The normalized spacial score (nSPS) is 18.8. The number of carbonyl (C=O) groups excluding carboxylic acids is 1. The lowest BCUT2D eigenvalue weighted by Gasteiger charge is -2.32. The molecule has 37 heavy (non-hydrogen) atoms. The van der Waals surface area contributed by atoms with Gasteiger partial charge in [0.2, 0.25) is 5.91 Å². The molecule has 1 aliphatic heterocycles. The molecule has 3 unspecified atom stereocenters. The van der Waals surface area contributed by atoms with Gasteiger partial charge in [-0.05, 0) is 43.9 Å². The zero-order chi connectivity index (χ0) is 26.8. The Morgan fingerprint density at radius 3 is 2.57 bits per heavy atom. The van der Waals surface area contributed by atoms with Crippen LogP contribution in [-0.2, 0) is 31.7 Å². The molecule has 1 fully saturated rings. The van der Waals surface area contributed by atoms with E-state index in [1.165, 1.54) is 24.3 Å². The monoisotopic (exact) mass is 533 g/mol. The first-order valence-corrected chi connectivity index (χ1v) is 13.5. The number of nitro benzene ring substituents is 1. The van der Waals surface area contributed by atoms with Crippen molar-refractivity contribution in [3.63, 3.8) is 0 Å². The molecule has 0 aliphatic carbocycles. The van der Waals surface area contributed by atoms with Crippen LogP contribution in [0.5, 0.6) is 0 Å². The third kappa shape index (κ3) is 8.68. The highest BCUT2D eigenvalue weighted by Crippen LogP contribution is 2.21. The predicted molar refractivity (Wildman–Crippen MR) is 139 cm³/mol. The number of hydrogen-bond acceptors (Lipinski definition) is 7. The third-order valence-corrected chi connectivity index (χ3v) is 7.97. The molecule has 5 atom stereocenters. The lowest BCUT2D eigenvalue weighted by molar-refractivity contribution is -0.384. The van der Waals surface area contributed by atoms with E-state index in [0.717, 1.165) is 12.0 Å². The van der Waals surface area contributed by atoms with Crippen molar-refractivity contribution < 1.29 is 28.5 Å². The van der Waals surface area contributed by atoms with Gasteiger partial charge in [-0.2, -0.15) is 0 Å². The second-order valence-electron chi connectivity index (χ2n) is 9.08. The van der Waals surface area contributed by atoms with Crippen molar-refractivity contribution in [2.45, 2.75) is 62.3 Å². The van der Waals surface area contributed by atoms with E-state index in [-0.39, 0.29) is 36.9 Å². The summed E-state index contributed by atoms with van der Waals surface area (Å²) in [6.45, 7) is 4.80. The fourth-order valence-electron chi connectivity index (χ4n) is 3.98. The van der Waals surface area contributed by atoms with Crippen LogP contribution < -0.4 is 5.32 Å². The molecule has 2 aromatic carbocycles. The van der Waals surface area contributed by atoms with Gasteiger partial charge in [0.1, 0.15) is 17.6 Å². The Hall–Kier alpha value is -2.70. The van der Waals surface area contributed by atoms with Crippen molar-refractivity contribution in [3.05, 3.63) is 70.3 Å². The number of benzene rings is 2. The van der Waals surface area contributed by atoms with Crippen LogP contribution in [0.25, 0.3) is 0 Å². The number of nitro groups is 1.